The molecule has 21 heavy (non-hydrogen) atoms. The van der Waals surface area contributed by atoms with Crippen LogP contribution in [0.3, 0.4) is 0 Å². The first-order chi connectivity index (χ1) is 10.1. The van der Waals surface area contributed by atoms with Gasteiger partial charge in [0.05, 0.1) is 6.10 Å². The van der Waals surface area contributed by atoms with Crippen molar-refractivity contribution in [3.8, 4) is 5.88 Å². The lowest BCUT2D eigenvalue weighted by Crippen LogP contribution is -2.31. The Balaban J connectivity index is 1.98. The summed E-state index contributed by atoms with van der Waals surface area (Å²) in [5.41, 5.74) is 0.838. The van der Waals surface area contributed by atoms with Crippen LogP contribution < -0.4 is 10.1 Å². The molecule has 0 spiro atoms. The molecule has 7 nitrogen and oxygen atoms in total. The molecule has 2 aromatic rings. The largest absolute Gasteiger partial charge is 0.475 e. The van der Waals surface area contributed by atoms with Crippen LogP contribution in [0.2, 0.25) is 0 Å². The van der Waals surface area contributed by atoms with Crippen molar-refractivity contribution in [3.05, 3.63) is 36.5 Å². The van der Waals surface area contributed by atoms with Crippen molar-refractivity contribution >= 4 is 5.91 Å². The highest BCUT2D eigenvalue weighted by Gasteiger charge is 2.16. The van der Waals surface area contributed by atoms with Gasteiger partial charge in [-0.15, -0.1) is 0 Å². The molecular formula is C14H19N5O2. The first-order valence-corrected chi connectivity index (χ1v) is 6.80. The van der Waals surface area contributed by atoms with Crippen LogP contribution in [0.1, 0.15) is 32.4 Å². The molecule has 0 saturated carbocycles. The Kier molecular flexibility index (Phi) is 4.86. The Bertz CT molecular complexity index is 583. The average molecular weight is 289 g/mol. The number of pyridine rings is 1. The molecule has 7 heteroatoms. The zero-order valence-electron chi connectivity index (χ0n) is 12.4. The van der Waals surface area contributed by atoms with E-state index in [1.165, 1.54) is 17.3 Å². The predicted molar refractivity (Wildman–Crippen MR) is 76.6 cm³/mol. The van der Waals surface area contributed by atoms with E-state index < -0.39 is 6.04 Å². The van der Waals surface area contributed by atoms with Gasteiger partial charge in [-0.3, -0.25) is 4.79 Å². The lowest BCUT2D eigenvalue weighted by Gasteiger charge is -2.15. The topological polar surface area (TPSA) is 81.9 Å². The molecule has 0 aliphatic carbocycles. The van der Waals surface area contributed by atoms with Gasteiger partial charge in [-0.2, -0.15) is 5.10 Å². The Morgan fingerprint density at radius 1 is 1.43 bits per heavy atom. The Labute approximate surface area is 123 Å². The highest BCUT2D eigenvalue weighted by Crippen LogP contribution is 2.16. The Morgan fingerprint density at radius 3 is 2.90 bits per heavy atom. The van der Waals surface area contributed by atoms with Crippen LogP contribution in [0.15, 0.2) is 31.0 Å². The SMILES string of the molecule is CC(C)Oc1ncccc1CNC(=O)C(C)n1cncn1. The average Bonchev–Trinajstić information content (AvgIpc) is 2.98. The fraction of sp³-hybridized carbons (Fsp3) is 0.429. The summed E-state index contributed by atoms with van der Waals surface area (Å²) in [5, 5.41) is 6.81. The van der Waals surface area contributed by atoms with Crippen molar-refractivity contribution in [3.63, 3.8) is 0 Å². The number of rotatable bonds is 6. The number of hydrogen-bond donors (Lipinski definition) is 1. The van der Waals surface area contributed by atoms with Gasteiger partial charge in [-0.25, -0.2) is 14.6 Å². The van der Waals surface area contributed by atoms with E-state index >= 15 is 0 Å². The minimum Gasteiger partial charge on any atom is -0.475 e. The second-order valence-corrected chi connectivity index (χ2v) is 4.90. The first-order valence-electron chi connectivity index (χ1n) is 6.80. The summed E-state index contributed by atoms with van der Waals surface area (Å²) in [6.45, 7) is 5.99. The molecule has 2 aromatic heterocycles. The summed E-state index contributed by atoms with van der Waals surface area (Å²) < 4.78 is 7.12. The molecule has 1 atom stereocenters. The first kappa shape index (κ1) is 15.0. The van der Waals surface area contributed by atoms with E-state index in [2.05, 4.69) is 20.4 Å². The maximum absolute atomic E-state index is 12.1. The minimum atomic E-state index is -0.418. The van der Waals surface area contributed by atoms with Crippen LogP contribution in [0.4, 0.5) is 0 Å². The van der Waals surface area contributed by atoms with Crippen LogP contribution in [0.5, 0.6) is 5.88 Å². The number of aromatic nitrogens is 4. The van der Waals surface area contributed by atoms with Crippen LogP contribution in [0.25, 0.3) is 0 Å². The molecule has 1 N–H and O–H groups in total. The van der Waals surface area contributed by atoms with Crippen molar-refractivity contribution in [1.82, 2.24) is 25.1 Å². The molecule has 0 radical (unpaired) electrons. The second-order valence-electron chi connectivity index (χ2n) is 4.90. The lowest BCUT2D eigenvalue weighted by atomic mass is 10.2. The molecule has 1 amide bonds. The smallest absolute Gasteiger partial charge is 0.244 e. The van der Waals surface area contributed by atoms with Gasteiger partial charge in [0.25, 0.3) is 0 Å². The van der Waals surface area contributed by atoms with Gasteiger partial charge in [-0.1, -0.05) is 6.07 Å². The van der Waals surface area contributed by atoms with Gasteiger partial charge >= 0.3 is 0 Å². The number of amides is 1. The molecule has 1 unspecified atom stereocenters. The van der Waals surface area contributed by atoms with E-state index in [1.54, 1.807) is 13.1 Å². The van der Waals surface area contributed by atoms with E-state index in [0.717, 1.165) is 5.56 Å². The van der Waals surface area contributed by atoms with Crippen LogP contribution in [-0.2, 0) is 11.3 Å². The molecule has 0 fully saturated rings. The van der Waals surface area contributed by atoms with Crippen LogP contribution in [0, 0.1) is 0 Å². The number of carbonyl (C=O) groups is 1. The van der Waals surface area contributed by atoms with Crippen LogP contribution in [-0.4, -0.2) is 31.8 Å². The highest BCUT2D eigenvalue weighted by molar-refractivity contribution is 5.79. The number of carbonyl (C=O) groups excluding carboxylic acids is 1. The maximum Gasteiger partial charge on any atom is 0.244 e. The fourth-order valence-electron chi connectivity index (χ4n) is 1.76. The molecule has 0 aliphatic rings. The van der Waals surface area contributed by atoms with Crippen molar-refractivity contribution in [1.29, 1.82) is 0 Å². The summed E-state index contributed by atoms with van der Waals surface area (Å²) in [6.07, 6.45) is 4.62. The van der Waals surface area contributed by atoms with E-state index in [-0.39, 0.29) is 12.0 Å². The van der Waals surface area contributed by atoms with Crippen LogP contribution >= 0.6 is 0 Å². The van der Waals surface area contributed by atoms with E-state index in [0.29, 0.717) is 12.4 Å². The zero-order valence-corrected chi connectivity index (χ0v) is 12.4. The summed E-state index contributed by atoms with van der Waals surface area (Å²) >= 11 is 0. The van der Waals surface area contributed by atoms with Gasteiger partial charge in [0.15, 0.2) is 0 Å². The summed E-state index contributed by atoms with van der Waals surface area (Å²) in [5.74, 6) is 0.404. The predicted octanol–water partition coefficient (Wildman–Crippen LogP) is 1.34. The molecular weight excluding hydrogens is 270 g/mol. The third-order valence-corrected chi connectivity index (χ3v) is 2.86. The summed E-state index contributed by atoms with van der Waals surface area (Å²) in [7, 11) is 0. The molecule has 112 valence electrons. The van der Waals surface area contributed by atoms with E-state index in [1.807, 2.05) is 26.0 Å². The fourth-order valence-corrected chi connectivity index (χ4v) is 1.76. The van der Waals surface area contributed by atoms with Gasteiger partial charge in [0, 0.05) is 18.3 Å². The second kappa shape index (κ2) is 6.83. The minimum absolute atomic E-state index is 0.0309. The number of hydrogen-bond acceptors (Lipinski definition) is 5. The molecule has 2 rings (SSSR count). The van der Waals surface area contributed by atoms with Gasteiger partial charge < -0.3 is 10.1 Å². The van der Waals surface area contributed by atoms with E-state index in [4.69, 9.17) is 4.74 Å². The number of nitrogens with zero attached hydrogens (tertiary/aromatic N) is 4. The number of ether oxygens (including phenoxy) is 1. The Hall–Kier alpha value is -2.44. The van der Waals surface area contributed by atoms with Crippen molar-refractivity contribution in [2.24, 2.45) is 0 Å². The molecule has 0 saturated heterocycles. The normalized spacial score (nSPS) is 12.2. The summed E-state index contributed by atoms with van der Waals surface area (Å²) in [6, 6.07) is 3.28. The molecule has 0 aromatic carbocycles. The van der Waals surface area contributed by atoms with Crippen molar-refractivity contribution in [2.45, 2.75) is 39.5 Å². The van der Waals surface area contributed by atoms with Gasteiger partial charge in [0.1, 0.15) is 18.7 Å². The third kappa shape index (κ3) is 4.01. The zero-order chi connectivity index (χ0) is 15.2. The monoisotopic (exact) mass is 289 g/mol. The third-order valence-electron chi connectivity index (χ3n) is 2.86. The standard InChI is InChI=1S/C14H19N5O2/c1-10(2)21-14-12(5-4-6-16-14)7-17-13(20)11(3)19-9-15-8-18-19/h4-6,8-11H,7H2,1-3H3,(H,17,20). The summed E-state index contributed by atoms with van der Waals surface area (Å²) in [4.78, 5) is 20.1. The highest BCUT2D eigenvalue weighted by atomic mass is 16.5. The lowest BCUT2D eigenvalue weighted by molar-refractivity contribution is -0.124. The van der Waals surface area contributed by atoms with Crippen molar-refractivity contribution in [2.75, 3.05) is 0 Å². The quantitative estimate of drug-likeness (QED) is 0.867. The van der Waals surface area contributed by atoms with Crippen molar-refractivity contribution < 1.29 is 9.53 Å². The molecule has 0 aliphatic heterocycles. The number of nitrogens with one attached hydrogen (secondary N) is 1. The maximum atomic E-state index is 12.1. The molecule has 2 heterocycles. The van der Waals surface area contributed by atoms with Gasteiger partial charge in [0.2, 0.25) is 11.8 Å². The molecule has 0 bridgehead atoms. The Morgan fingerprint density at radius 2 is 2.24 bits per heavy atom. The van der Waals surface area contributed by atoms with E-state index in [9.17, 15) is 4.79 Å². The van der Waals surface area contributed by atoms with Gasteiger partial charge in [-0.05, 0) is 26.8 Å².